The van der Waals surface area contributed by atoms with E-state index in [4.69, 9.17) is 15.0 Å². The number of hydrogen-bond donors (Lipinski definition) is 0. The minimum absolute atomic E-state index is 0.677. The fourth-order valence-electron chi connectivity index (χ4n) is 6.23. The monoisotopic (exact) mass is 592 g/mol. The van der Waals surface area contributed by atoms with Gasteiger partial charge in [0.1, 0.15) is 0 Å². The Morgan fingerprint density at radius 1 is 0.489 bits per heavy atom. The van der Waals surface area contributed by atoms with Crippen molar-refractivity contribution in [3.63, 3.8) is 0 Å². The molecule has 0 spiro atoms. The van der Waals surface area contributed by atoms with Crippen LogP contribution in [0, 0.1) is 0 Å². The van der Waals surface area contributed by atoms with Gasteiger partial charge in [0.2, 0.25) is 0 Å². The highest BCUT2D eigenvalue weighted by atomic mass is 32.1. The van der Waals surface area contributed by atoms with Gasteiger partial charge >= 0.3 is 0 Å². The largest absolute Gasteiger partial charge is 0.265 e. The lowest BCUT2D eigenvalue weighted by Gasteiger charge is -2.13. The summed E-state index contributed by atoms with van der Waals surface area (Å²) in [6.07, 6.45) is 3.56. The van der Waals surface area contributed by atoms with Gasteiger partial charge in [-0.1, -0.05) is 103 Å². The quantitative estimate of drug-likeness (QED) is 0.191. The molecule has 0 saturated carbocycles. The Morgan fingerprint density at radius 2 is 1.16 bits per heavy atom. The van der Waals surface area contributed by atoms with Gasteiger partial charge in [0, 0.05) is 50.1 Å². The standard InChI is InChI=1S/C40H24N4S/c1-2-9-26(10-3-1)33-24-34(44-40(43-33)29-20-22-41-23-21-29)27-14-16-28(17-15-27)36-37-30-11-5-4-8-25(30)18-19-32(37)42-38-31-12-6-7-13-35(31)45-39(36)38/h1-24H. The number of hydrogen-bond acceptors (Lipinski definition) is 5. The average Bonchev–Trinajstić information content (AvgIpc) is 3.49. The summed E-state index contributed by atoms with van der Waals surface area (Å²) < 4.78 is 2.46. The van der Waals surface area contributed by atoms with Gasteiger partial charge in [0.25, 0.3) is 0 Å². The Morgan fingerprint density at radius 3 is 1.96 bits per heavy atom. The van der Waals surface area contributed by atoms with E-state index in [-0.39, 0.29) is 0 Å². The molecule has 0 aliphatic heterocycles. The zero-order chi connectivity index (χ0) is 29.7. The van der Waals surface area contributed by atoms with Crippen molar-refractivity contribution in [3.8, 4) is 45.0 Å². The van der Waals surface area contributed by atoms with Gasteiger partial charge in [-0.25, -0.2) is 15.0 Å². The van der Waals surface area contributed by atoms with Gasteiger partial charge in [-0.2, -0.15) is 0 Å². The second-order valence-corrected chi connectivity index (χ2v) is 12.1. The summed E-state index contributed by atoms with van der Waals surface area (Å²) >= 11 is 1.82. The van der Waals surface area contributed by atoms with E-state index in [0.717, 1.165) is 44.7 Å². The normalized spacial score (nSPS) is 11.6. The van der Waals surface area contributed by atoms with Crippen LogP contribution in [0.2, 0.25) is 0 Å². The average molecular weight is 593 g/mol. The zero-order valence-electron chi connectivity index (χ0n) is 24.1. The molecule has 210 valence electrons. The topological polar surface area (TPSA) is 51.6 Å². The molecule has 5 aromatic carbocycles. The van der Waals surface area contributed by atoms with Crippen molar-refractivity contribution in [1.82, 2.24) is 19.9 Å². The molecule has 0 bridgehead atoms. The molecular weight excluding hydrogens is 569 g/mol. The third-order valence-electron chi connectivity index (χ3n) is 8.39. The smallest absolute Gasteiger partial charge is 0.160 e. The zero-order valence-corrected chi connectivity index (χ0v) is 24.9. The van der Waals surface area contributed by atoms with Crippen molar-refractivity contribution in [2.45, 2.75) is 0 Å². The summed E-state index contributed by atoms with van der Waals surface area (Å²) in [6, 6.07) is 46.6. The predicted molar refractivity (Wildman–Crippen MR) is 187 cm³/mol. The first-order valence-corrected chi connectivity index (χ1v) is 15.7. The number of pyridine rings is 2. The predicted octanol–water partition coefficient (Wildman–Crippen LogP) is 10.6. The van der Waals surface area contributed by atoms with E-state index in [2.05, 4.69) is 108 Å². The summed E-state index contributed by atoms with van der Waals surface area (Å²) in [5.74, 6) is 0.677. The molecule has 0 N–H and O–H groups in total. The summed E-state index contributed by atoms with van der Waals surface area (Å²) in [5.41, 5.74) is 9.23. The van der Waals surface area contributed by atoms with Gasteiger partial charge in [-0.3, -0.25) is 4.98 Å². The molecule has 9 aromatic rings. The maximum absolute atomic E-state index is 5.23. The Balaban J connectivity index is 1.26. The highest BCUT2D eigenvalue weighted by molar-refractivity contribution is 7.26. The lowest BCUT2D eigenvalue weighted by atomic mass is 9.94. The third kappa shape index (κ3) is 4.36. The molecule has 0 aliphatic carbocycles. The maximum atomic E-state index is 5.23. The van der Waals surface area contributed by atoms with Crippen molar-refractivity contribution in [3.05, 3.63) is 146 Å². The third-order valence-corrected chi connectivity index (χ3v) is 9.57. The van der Waals surface area contributed by atoms with Gasteiger partial charge in [-0.15, -0.1) is 11.3 Å². The van der Waals surface area contributed by atoms with Crippen molar-refractivity contribution in [2.75, 3.05) is 0 Å². The molecular formula is C40H24N4S. The van der Waals surface area contributed by atoms with Crippen LogP contribution in [0.5, 0.6) is 0 Å². The van der Waals surface area contributed by atoms with E-state index in [1.54, 1.807) is 12.4 Å². The van der Waals surface area contributed by atoms with E-state index in [0.29, 0.717) is 5.82 Å². The van der Waals surface area contributed by atoms with Crippen LogP contribution in [-0.2, 0) is 0 Å². The molecule has 0 saturated heterocycles. The van der Waals surface area contributed by atoms with Gasteiger partial charge < -0.3 is 0 Å². The van der Waals surface area contributed by atoms with Crippen molar-refractivity contribution < 1.29 is 0 Å². The Labute approximate surface area is 263 Å². The number of rotatable bonds is 4. The molecule has 45 heavy (non-hydrogen) atoms. The second kappa shape index (κ2) is 10.4. The summed E-state index contributed by atoms with van der Waals surface area (Å²) in [4.78, 5) is 19.4. The van der Waals surface area contributed by atoms with Crippen LogP contribution in [0.15, 0.2) is 146 Å². The van der Waals surface area contributed by atoms with Crippen LogP contribution in [-0.4, -0.2) is 19.9 Å². The van der Waals surface area contributed by atoms with Crippen LogP contribution in [0.4, 0.5) is 0 Å². The van der Waals surface area contributed by atoms with Gasteiger partial charge in [0.05, 0.1) is 27.1 Å². The van der Waals surface area contributed by atoms with Crippen LogP contribution in [0.3, 0.4) is 0 Å². The highest BCUT2D eigenvalue weighted by Crippen LogP contribution is 2.45. The van der Waals surface area contributed by atoms with E-state index >= 15 is 0 Å². The molecule has 0 amide bonds. The summed E-state index contributed by atoms with van der Waals surface area (Å²) in [7, 11) is 0. The SMILES string of the molecule is c1ccc(-c2cc(-c3ccc(-c4c5sc6ccccc6c5nc5ccc6ccccc6c45)cc3)nc(-c3ccncc3)n2)cc1. The lowest BCUT2D eigenvalue weighted by Crippen LogP contribution is -1.96. The first-order valence-electron chi connectivity index (χ1n) is 14.9. The lowest BCUT2D eigenvalue weighted by molar-refractivity contribution is 1.18. The van der Waals surface area contributed by atoms with Crippen LogP contribution >= 0.6 is 11.3 Å². The first-order chi connectivity index (χ1) is 22.3. The maximum Gasteiger partial charge on any atom is 0.160 e. The molecule has 0 aliphatic rings. The number of aromatic nitrogens is 4. The first kappa shape index (κ1) is 25.7. The summed E-state index contributed by atoms with van der Waals surface area (Å²) in [6.45, 7) is 0. The fraction of sp³-hybridized carbons (Fsp3) is 0. The molecule has 5 heteroatoms. The van der Waals surface area contributed by atoms with E-state index in [9.17, 15) is 0 Å². The van der Waals surface area contributed by atoms with Crippen LogP contribution in [0.1, 0.15) is 0 Å². The van der Waals surface area contributed by atoms with Crippen molar-refractivity contribution in [1.29, 1.82) is 0 Å². The van der Waals surface area contributed by atoms with E-state index < -0.39 is 0 Å². The van der Waals surface area contributed by atoms with E-state index in [1.165, 1.54) is 36.5 Å². The molecule has 4 aromatic heterocycles. The molecule has 0 fully saturated rings. The van der Waals surface area contributed by atoms with Gasteiger partial charge in [-0.05, 0) is 46.7 Å². The highest BCUT2D eigenvalue weighted by Gasteiger charge is 2.18. The molecule has 4 nitrogen and oxygen atoms in total. The number of fused-ring (bicyclic) bond motifs is 6. The van der Waals surface area contributed by atoms with Crippen LogP contribution < -0.4 is 0 Å². The summed E-state index contributed by atoms with van der Waals surface area (Å²) in [5, 5.41) is 4.81. The number of thiophene rings is 1. The number of nitrogens with zero attached hydrogens (tertiary/aromatic N) is 4. The second-order valence-electron chi connectivity index (χ2n) is 11.1. The molecule has 0 unspecified atom stereocenters. The van der Waals surface area contributed by atoms with Crippen molar-refractivity contribution in [2.24, 2.45) is 0 Å². The van der Waals surface area contributed by atoms with Gasteiger partial charge in [0.15, 0.2) is 5.82 Å². The van der Waals surface area contributed by atoms with Crippen molar-refractivity contribution >= 4 is 53.3 Å². The molecule has 0 atom stereocenters. The Bertz CT molecular complexity index is 2460. The molecule has 9 rings (SSSR count). The minimum Gasteiger partial charge on any atom is -0.265 e. The molecule has 4 heterocycles. The number of benzene rings is 5. The molecule has 0 radical (unpaired) electrons. The van der Waals surface area contributed by atoms with E-state index in [1.807, 2.05) is 41.7 Å². The van der Waals surface area contributed by atoms with Crippen LogP contribution in [0.25, 0.3) is 87.0 Å². The fourth-order valence-corrected chi connectivity index (χ4v) is 7.44. The Kier molecular flexibility index (Phi) is 5.96. The minimum atomic E-state index is 0.677. The Hall–Kier alpha value is -5.78.